The summed E-state index contributed by atoms with van der Waals surface area (Å²) in [6.45, 7) is 5.22. The molecule has 3 rings (SSSR count). The van der Waals surface area contributed by atoms with Crippen molar-refractivity contribution in [1.82, 2.24) is 25.2 Å². The molecule has 0 aliphatic carbocycles. The number of aryl methyl sites for hydroxylation is 1. The molecular weight excluding hydrogens is 390 g/mol. The van der Waals surface area contributed by atoms with E-state index in [2.05, 4.69) is 20.3 Å². The lowest BCUT2D eigenvalue weighted by Crippen LogP contribution is -2.56. The van der Waals surface area contributed by atoms with E-state index in [9.17, 15) is 9.59 Å². The number of carbonyl (C=O) groups excluding carboxylic acids is 2. The zero-order valence-corrected chi connectivity index (χ0v) is 16.8. The van der Waals surface area contributed by atoms with Gasteiger partial charge in [-0.05, 0) is 19.8 Å². The molecule has 146 valence electrons. The normalized spacial score (nSPS) is 19.9. The van der Waals surface area contributed by atoms with Crippen LogP contribution in [0.25, 0.3) is 0 Å². The van der Waals surface area contributed by atoms with Gasteiger partial charge in [-0.2, -0.15) is 0 Å². The zero-order chi connectivity index (χ0) is 19.4. The molecular formula is C17H22ClN5O3S. The van der Waals surface area contributed by atoms with Crippen LogP contribution in [0.5, 0.6) is 0 Å². The average Bonchev–Trinajstić information content (AvgIpc) is 3.32. The molecule has 2 aromatic rings. The van der Waals surface area contributed by atoms with Crippen molar-refractivity contribution in [3.63, 3.8) is 0 Å². The summed E-state index contributed by atoms with van der Waals surface area (Å²) in [6, 6.07) is -0.217. The van der Waals surface area contributed by atoms with Crippen molar-refractivity contribution in [3.8, 4) is 0 Å². The van der Waals surface area contributed by atoms with Gasteiger partial charge in [0.1, 0.15) is 5.69 Å². The minimum atomic E-state index is -0.328. The van der Waals surface area contributed by atoms with Gasteiger partial charge in [0.2, 0.25) is 0 Å². The van der Waals surface area contributed by atoms with Crippen molar-refractivity contribution in [2.45, 2.75) is 38.8 Å². The number of carbonyl (C=O) groups is 2. The van der Waals surface area contributed by atoms with Crippen molar-refractivity contribution < 1.29 is 14.3 Å². The molecule has 2 unspecified atom stereocenters. The van der Waals surface area contributed by atoms with Crippen LogP contribution < -0.4 is 5.32 Å². The summed E-state index contributed by atoms with van der Waals surface area (Å²) in [5, 5.41) is 5.01. The SMILES string of the molecule is CCOC1CN(C(=O)c2cscn2)CCC1NC(=O)c1nc(Cl)c(CC)[nH]1. The third-order valence-electron chi connectivity index (χ3n) is 4.49. The molecule has 0 spiro atoms. The predicted octanol–water partition coefficient (Wildman–Crippen LogP) is 2.13. The molecule has 2 atom stereocenters. The van der Waals surface area contributed by atoms with Gasteiger partial charge in [-0.3, -0.25) is 9.59 Å². The standard InChI is InChI=1S/C17H22ClN5O3S/c1-3-10-14(18)22-15(20-10)16(24)21-11-5-6-23(7-13(11)26-4-2)17(25)12-8-27-9-19-12/h8-9,11,13H,3-7H2,1-2H3,(H,20,22)(H,21,24). The first-order chi connectivity index (χ1) is 13.0. The highest BCUT2D eigenvalue weighted by Gasteiger charge is 2.34. The Morgan fingerprint density at radius 2 is 2.30 bits per heavy atom. The highest BCUT2D eigenvalue weighted by molar-refractivity contribution is 7.07. The summed E-state index contributed by atoms with van der Waals surface area (Å²) in [7, 11) is 0. The first-order valence-electron chi connectivity index (χ1n) is 8.87. The fourth-order valence-corrected chi connectivity index (χ4v) is 3.89. The van der Waals surface area contributed by atoms with E-state index in [1.807, 2.05) is 13.8 Å². The lowest BCUT2D eigenvalue weighted by atomic mass is 10.0. The van der Waals surface area contributed by atoms with Gasteiger partial charge >= 0.3 is 0 Å². The number of hydrogen-bond acceptors (Lipinski definition) is 6. The summed E-state index contributed by atoms with van der Waals surface area (Å²) in [5.74, 6) is -0.255. The number of aromatic amines is 1. The van der Waals surface area contributed by atoms with Gasteiger partial charge < -0.3 is 19.9 Å². The molecule has 0 saturated carbocycles. The summed E-state index contributed by atoms with van der Waals surface area (Å²) >= 11 is 7.40. The van der Waals surface area contributed by atoms with E-state index < -0.39 is 0 Å². The molecule has 1 saturated heterocycles. The Labute approximate surface area is 166 Å². The molecule has 1 fully saturated rings. The van der Waals surface area contributed by atoms with Crippen LogP contribution in [0.15, 0.2) is 10.9 Å². The number of hydrogen-bond donors (Lipinski definition) is 2. The quantitative estimate of drug-likeness (QED) is 0.758. The summed E-state index contributed by atoms with van der Waals surface area (Å²) in [5.41, 5.74) is 2.81. The van der Waals surface area contributed by atoms with Gasteiger partial charge in [-0.15, -0.1) is 11.3 Å². The van der Waals surface area contributed by atoms with Crippen molar-refractivity contribution in [1.29, 1.82) is 0 Å². The molecule has 1 aliphatic heterocycles. The third kappa shape index (κ3) is 4.48. The molecule has 0 radical (unpaired) electrons. The van der Waals surface area contributed by atoms with Crippen molar-refractivity contribution in [2.75, 3.05) is 19.7 Å². The van der Waals surface area contributed by atoms with Crippen LogP contribution in [0.4, 0.5) is 0 Å². The topological polar surface area (TPSA) is 100 Å². The third-order valence-corrected chi connectivity index (χ3v) is 5.39. The largest absolute Gasteiger partial charge is 0.375 e. The summed E-state index contributed by atoms with van der Waals surface area (Å²) < 4.78 is 5.80. The number of ether oxygens (including phenoxy) is 1. The van der Waals surface area contributed by atoms with Gasteiger partial charge in [0.05, 0.1) is 23.4 Å². The number of aromatic nitrogens is 3. The number of amides is 2. The second kappa shape index (κ2) is 8.81. The summed E-state index contributed by atoms with van der Waals surface area (Å²) in [6.07, 6.45) is 0.950. The van der Waals surface area contributed by atoms with Crippen molar-refractivity contribution in [2.24, 2.45) is 0 Å². The molecule has 0 aromatic carbocycles. The number of piperidine rings is 1. The molecule has 10 heteroatoms. The van der Waals surface area contributed by atoms with Crippen LogP contribution in [0.1, 0.15) is 47.1 Å². The van der Waals surface area contributed by atoms with Crippen LogP contribution in [0.2, 0.25) is 5.15 Å². The van der Waals surface area contributed by atoms with Gasteiger partial charge in [0, 0.05) is 25.1 Å². The van der Waals surface area contributed by atoms with Gasteiger partial charge in [0.15, 0.2) is 11.0 Å². The van der Waals surface area contributed by atoms with E-state index in [4.69, 9.17) is 16.3 Å². The Hall–Kier alpha value is -1.97. The number of likely N-dealkylation sites (tertiary alicyclic amines) is 1. The Morgan fingerprint density at radius 1 is 1.48 bits per heavy atom. The number of thiazole rings is 1. The second-order valence-corrected chi connectivity index (χ2v) is 7.27. The minimum absolute atomic E-state index is 0.115. The fraction of sp³-hybridized carbons (Fsp3) is 0.529. The smallest absolute Gasteiger partial charge is 0.287 e. The van der Waals surface area contributed by atoms with E-state index in [-0.39, 0.29) is 29.8 Å². The van der Waals surface area contributed by atoms with Crippen molar-refractivity contribution >= 4 is 34.8 Å². The number of nitrogens with zero attached hydrogens (tertiary/aromatic N) is 3. The van der Waals surface area contributed by atoms with Crippen LogP contribution >= 0.6 is 22.9 Å². The Kier molecular flexibility index (Phi) is 6.46. The van der Waals surface area contributed by atoms with Crippen molar-refractivity contribution in [3.05, 3.63) is 33.3 Å². The number of H-pyrrole nitrogens is 1. The van der Waals surface area contributed by atoms with Crippen LogP contribution in [0.3, 0.4) is 0 Å². The lowest BCUT2D eigenvalue weighted by Gasteiger charge is -2.38. The number of nitrogens with one attached hydrogen (secondary N) is 2. The first-order valence-corrected chi connectivity index (χ1v) is 10.2. The molecule has 1 aliphatic rings. The van der Waals surface area contributed by atoms with E-state index in [1.165, 1.54) is 11.3 Å². The van der Waals surface area contributed by atoms with Crippen LogP contribution in [-0.2, 0) is 11.2 Å². The molecule has 2 aromatic heterocycles. The van der Waals surface area contributed by atoms with E-state index in [1.54, 1.807) is 15.8 Å². The zero-order valence-electron chi connectivity index (χ0n) is 15.2. The van der Waals surface area contributed by atoms with E-state index >= 15 is 0 Å². The molecule has 2 amide bonds. The maximum atomic E-state index is 12.5. The molecule has 3 heterocycles. The lowest BCUT2D eigenvalue weighted by molar-refractivity contribution is -0.0117. The summed E-state index contributed by atoms with van der Waals surface area (Å²) in [4.78, 5) is 37.9. The van der Waals surface area contributed by atoms with Crippen LogP contribution in [-0.4, -0.2) is 63.5 Å². The van der Waals surface area contributed by atoms with Gasteiger partial charge in [-0.1, -0.05) is 18.5 Å². The van der Waals surface area contributed by atoms with E-state index in [0.717, 1.165) is 5.69 Å². The Morgan fingerprint density at radius 3 is 2.93 bits per heavy atom. The van der Waals surface area contributed by atoms with Gasteiger partial charge in [0.25, 0.3) is 11.8 Å². The Bertz CT molecular complexity index is 795. The monoisotopic (exact) mass is 411 g/mol. The molecule has 8 nitrogen and oxygen atoms in total. The van der Waals surface area contributed by atoms with E-state index in [0.29, 0.717) is 43.4 Å². The Balaban J connectivity index is 1.66. The minimum Gasteiger partial charge on any atom is -0.375 e. The average molecular weight is 412 g/mol. The van der Waals surface area contributed by atoms with Gasteiger partial charge in [-0.25, -0.2) is 9.97 Å². The maximum Gasteiger partial charge on any atom is 0.287 e. The molecule has 27 heavy (non-hydrogen) atoms. The number of rotatable bonds is 6. The van der Waals surface area contributed by atoms with Crippen LogP contribution in [0, 0.1) is 0 Å². The second-order valence-electron chi connectivity index (χ2n) is 6.20. The first kappa shape index (κ1) is 19.8. The maximum absolute atomic E-state index is 12.5. The fourth-order valence-electron chi connectivity index (χ4n) is 3.10. The highest BCUT2D eigenvalue weighted by atomic mass is 35.5. The molecule has 2 N–H and O–H groups in total. The highest BCUT2D eigenvalue weighted by Crippen LogP contribution is 2.18. The molecule has 0 bridgehead atoms. The number of halogens is 1. The number of imidazole rings is 1. The predicted molar refractivity (Wildman–Crippen MR) is 102 cm³/mol.